The summed E-state index contributed by atoms with van der Waals surface area (Å²) in [6.45, 7) is 1.54. The molecule has 1 aromatic carbocycles. The number of hydrogen-bond acceptors (Lipinski definition) is 3. The van der Waals surface area contributed by atoms with E-state index < -0.39 is 0 Å². The van der Waals surface area contributed by atoms with Gasteiger partial charge in [0.1, 0.15) is 0 Å². The van der Waals surface area contributed by atoms with Crippen molar-refractivity contribution in [2.45, 2.75) is 5.92 Å². The quantitative estimate of drug-likeness (QED) is 0.822. The summed E-state index contributed by atoms with van der Waals surface area (Å²) in [6, 6.07) is 6.23. The number of benzene rings is 1. The third kappa shape index (κ3) is 1.54. The maximum atomic E-state index is 5.13. The topological polar surface area (TPSA) is 38.5 Å². The smallest absolute Gasteiger partial charge is 0.0766 e. The summed E-state index contributed by atoms with van der Waals surface area (Å²) >= 11 is 3.56. The van der Waals surface area contributed by atoms with E-state index in [1.807, 2.05) is 6.07 Å². The Morgan fingerprint density at radius 1 is 1.64 bits per heavy atom. The Labute approximate surface area is 91.9 Å². The largest absolute Gasteiger partial charge is 0.374 e. The van der Waals surface area contributed by atoms with Crippen LogP contribution >= 0.6 is 15.9 Å². The number of likely N-dealkylation sites (N-methyl/N-ethyl adjacent to an activating group) is 1. The third-order valence-electron chi connectivity index (χ3n) is 2.64. The highest BCUT2D eigenvalue weighted by Gasteiger charge is 2.28. The van der Waals surface area contributed by atoms with Gasteiger partial charge >= 0.3 is 0 Å². The zero-order valence-electron chi connectivity index (χ0n) is 8.03. The van der Waals surface area contributed by atoms with Crippen LogP contribution in [-0.2, 0) is 4.84 Å². The molecule has 1 heterocycles. The molecular formula is C10H13BrN2O. The van der Waals surface area contributed by atoms with Crippen LogP contribution in [0.3, 0.4) is 0 Å². The summed E-state index contributed by atoms with van der Waals surface area (Å²) < 4.78 is 1.14. The molecule has 0 saturated carbocycles. The van der Waals surface area contributed by atoms with Crippen molar-refractivity contribution >= 4 is 21.6 Å². The zero-order valence-corrected chi connectivity index (χ0v) is 9.62. The average molecular weight is 257 g/mol. The van der Waals surface area contributed by atoms with Crippen molar-refractivity contribution in [2.24, 2.45) is 5.90 Å². The van der Waals surface area contributed by atoms with Crippen molar-refractivity contribution in [3.05, 3.63) is 28.2 Å². The van der Waals surface area contributed by atoms with Crippen molar-refractivity contribution in [1.82, 2.24) is 0 Å². The van der Waals surface area contributed by atoms with Gasteiger partial charge in [0.15, 0.2) is 0 Å². The SMILES string of the molecule is CN1CC(CON)c2c(Br)cccc21. The highest BCUT2D eigenvalue weighted by Crippen LogP contribution is 2.39. The van der Waals surface area contributed by atoms with Gasteiger partial charge in [0.25, 0.3) is 0 Å². The minimum Gasteiger partial charge on any atom is -0.374 e. The molecule has 2 N–H and O–H groups in total. The molecule has 1 aliphatic heterocycles. The second kappa shape index (κ2) is 3.88. The number of nitrogens with two attached hydrogens (primary N) is 1. The predicted octanol–water partition coefficient (Wildman–Crippen LogP) is 1.87. The summed E-state index contributed by atoms with van der Waals surface area (Å²) in [5, 5.41) is 0. The van der Waals surface area contributed by atoms with Crippen molar-refractivity contribution in [3.63, 3.8) is 0 Å². The summed E-state index contributed by atoms with van der Waals surface area (Å²) in [5.74, 6) is 5.50. The van der Waals surface area contributed by atoms with E-state index in [0.29, 0.717) is 12.5 Å². The summed E-state index contributed by atoms with van der Waals surface area (Å²) in [7, 11) is 2.09. The van der Waals surface area contributed by atoms with E-state index in [1.165, 1.54) is 11.3 Å². The first-order chi connectivity index (χ1) is 6.74. The van der Waals surface area contributed by atoms with Crippen LogP contribution < -0.4 is 10.8 Å². The van der Waals surface area contributed by atoms with Crippen LogP contribution in [0.5, 0.6) is 0 Å². The fourth-order valence-corrected chi connectivity index (χ4v) is 2.71. The maximum Gasteiger partial charge on any atom is 0.0766 e. The van der Waals surface area contributed by atoms with Gasteiger partial charge in [-0.1, -0.05) is 22.0 Å². The van der Waals surface area contributed by atoms with Crippen molar-refractivity contribution in [1.29, 1.82) is 0 Å². The van der Waals surface area contributed by atoms with Gasteiger partial charge in [-0.3, -0.25) is 0 Å². The van der Waals surface area contributed by atoms with E-state index in [4.69, 9.17) is 10.7 Å². The second-order valence-corrected chi connectivity index (χ2v) is 4.44. The lowest BCUT2D eigenvalue weighted by atomic mass is 10.0. The van der Waals surface area contributed by atoms with E-state index in [-0.39, 0.29) is 0 Å². The van der Waals surface area contributed by atoms with Gasteiger partial charge in [0, 0.05) is 29.7 Å². The van der Waals surface area contributed by atoms with Gasteiger partial charge in [0.2, 0.25) is 0 Å². The van der Waals surface area contributed by atoms with Gasteiger partial charge in [-0.15, -0.1) is 0 Å². The van der Waals surface area contributed by atoms with Gasteiger partial charge in [-0.05, 0) is 17.7 Å². The Morgan fingerprint density at radius 2 is 2.43 bits per heavy atom. The van der Waals surface area contributed by atoms with Gasteiger partial charge in [0.05, 0.1) is 6.61 Å². The van der Waals surface area contributed by atoms with Crippen molar-refractivity contribution < 1.29 is 4.84 Å². The number of fused-ring (bicyclic) bond motifs is 1. The minimum absolute atomic E-state index is 0.371. The Hall–Kier alpha value is -0.580. The molecule has 0 radical (unpaired) electrons. The molecule has 3 nitrogen and oxygen atoms in total. The molecule has 76 valence electrons. The highest BCUT2D eigenvalue weighted by atomic mass is 79.9. The van der Waals surface area contributed by atoms with Crippen LogP contribution in [0.2, 0.25) is 0 Å². The van der Waals surface area contributed by atoms with Crippen LogP contribution in [0.4, 0.5) is 5.69 Å². The Morgan fingerprint density at radius 3 is 3.14 bits per heavy atom. The van der Waals surface area contributed by atoms with Gasteiger partial charge in [-0.2, -0.15) is 0 Å². The van der Waals surface area contributed by atoms with E-state index >= 15 is 0 Å². The van der Waals surface area contributed by atoms with Crippen LogP contribution in [0, 0.1) is 0 Å². The molecule has 0 bridgehead atoms. The summed E-state index contributed by atoms with van der Waals surface area (Å²) in [5.41, 5.74) is 2.57. The monoisotopic (exact) mass is 256 g/mol. The Kier molecular flexibility index (Phi) is 2.76. The lowest BCUT2D eigenvalue weighted by Gasteiger charge is -2.11. The van der Waals surface area contributed by atoms with Crippen LogP contribution in [0.15, 0.2) is 22.7 Å². The van der Waals surface area contributed by atoms with Crippen LogP contribution in [-0.4, -0.2) is 20.2 Å². The maximum absolute atomic E-state index is 5.13. The second-order valence-electron chi connectivity index (χ2n) is 3.58. The first-order valence-electron chi connectivity index (χ1n) is 4.55. The summed E-state index contributed by atoms with van der Waals surface area (Å²) in [4.78, 5) is 6.96. The molecule has 1 atom stereocenters. The van der Waals surface area contributed by atoms with E-state index in [0.717, 1.165) is 11.0 Å². The van der Waals surface area contributed by atoms with E-state index in [9.17, 15) is 0 Å². The minimum atomic E-state index is 0.371. The molecule has 1 aliphatic rings. The molecule has 4 heteroatoms. The number of hydrogen-bond donors (Lipinski definition) is 1. The lowest BCUT2D eigenvalue weighted by molar-refractivity contribution is 0.126. The number of nitrogens with zero attached hydrogens (tertiary/aromatic N) is 1. The molecule has 0 aliphatic carbocycles. The predicted molar refractivity (Wildman–Crippen MR) is 60.3 cm³/mol. The molecule has 0 saturated heterocycles. The highest BCUT2D eigenvalue weighted by molar-refractivity contribution is 9.10. The number of anilines is 1. The molecule has 0 spiro atoms. The first-order valence-corrected chi connectivity index (χ1v) is 5.34. The number of rotatable bonds is 2. The van der Waals surface area contributed by atoms with Gasteiger partial charge < -0.3 is 9.74 Å². The first kappa shape index (κ1) is 9.96. The molecule has 14 heavy (non-hydrogen) atoms. The van der Waals surface area contributed by atoms with Gasteiger partial charge in [-0.25, -0.2) is 5.90 Å². The van der Waals surface area contributed by atoms with E-state index in [1.54, 1.807) is 0 Å². The van der Waals surface area contributed by atoms with Crippen LogP contribution in [0.1, 0.15) is 11.5 Å². The molecule has 1 unspecified atom stereocenters. The van der Waals surface area contributed by atoms with Crippen LogP contribution in [0.25, 0.3) is 0 Å². The standard InChI is InChI=1S/C10H13BrN2O/c1-13-5-7(6-14-12)10-8(11)3-2-4-9(10)13/h2-4,7H,5-6,12H2,1H3. The van der Waals surface area contributed by atoms with Crippen molar-refractivity contribution in [3.8, 4) is 0 Å². The fraction of sp³-hybridized carbons (Fsp3) is 0.400. The molecule has 2 rings (SSSR count). The Bertz CT molecular complexity index is 343. The van der Waals surface area contributed by atoms with E-state index in [2.05, 4.69) is 40.0 Å². The molecular weight excluding hydrogens is 244 g/mol. The zero-order chi connectivity index (χ0) is 10.1. The normalized spacial score (nSPS) is 19.9. The Balaban J connectivity index is 2.40. The fourth-order valence-electron chi connectivity index (χ4n) is 2.04. The lowest BCUT2D eigenvalue weighted by Crippen LogP contribution is -2.19. The molecule has 0 fully saturated rings. The molecule has 0 aromatic heterocycles. The molecule has 1 aromatic rings. The third-order valence-corrected chi connectivity index (χ3v) is 3.33. The number of halogens is 1. The van der Waals surface area contributed by atoms with Crippen molar-refractivity contribution in [2.75, 3.05) is 25.1 Å². The average Bonchev–Trinajstić information content (AvgIpc) is 2.46. The summed E-state index contributed by atoms with van der Waals surface area (Å²) in [6.07, 6.45) is 0. The molecule has 0 amide bonds.